The Labute approximate surface area is 85.3 Å². The maximum Gasteiger partial charge on any atom is 0.0667 e. The zero-order valence-electron chi connectivity index (χ0n) is 9.32. The standard InChI is InChI=1S/C10H19N3O/c1-8(14-4)7-11-9(2)10-5-6-12-13(10)3/h5-6,8-9,11H,7H2,1-4H3. The molecule has 80 valence electrons. The highest BCUT2D eigenvalue weighted by Crippen LogP contribution is 2.09. The summed E-state index contributed by atoms with van der Waals surface area (Å²) in [7, 11) is 3.67. The van der Waals surface area contributed by atoms with Crippen molar-refractivity contribution in [3.63, 3.8) is 0 Å². The molecule has 1 aromatic rings. The van der Waals surface area contributed by atoms with Crippen molar-refractivity contribution in [1.82, 2.24) is 15.1 Å². The number of hydrogen-bond donors (Lipinski definition) is 1. The second kappa shape index (κ2) is 5.12. The van der Waals surface area contributed by atoms with Crippen LogP contribution >= 0.6 is 0 Å². The molecule has 0 radical (unpaired) electrons. The molecular formula is C10H19N3O. The quantitative estimate of drug-likeness (QED) is 0.768. The Kier molecular flexibility index (Phi) is 4.10. The van der Waals surface area contributed by atoms with Crippen LogP contribution in [-0.4, -0.2) is 29.5 Å². The summed E-state index contributed by atoms with van der Waals surface area (Å²) in [5.41, 5.74) is 1.19. The summed E-state index contributed by atoms with van der Waals surface area (Å²) < 4.78 is 7.05. The summed E-state index contributed by atoms with van der Waals surface area (Å²) in [5, 5.41) is 7.52. The topological polar surface area (TPSA) is 39.1 Å². The van der Waals surface area contributed by atoms with Crippen molar-refractivity contribution in [3.05, 3.63) is 18.0 Å². The Hall–Kier alpha value is -0.870. The maximum atomic E-state index is 5.16. The van der Waals surface area contributed by atoms with Crippen LogP contribution in [0.4, 0.5) is 0 Å². The number of ether oxygens (including phenoxy) is 1. The van der Waals surface area contributed by atoms with Crippen molar-refractivity contribution in [1.29, 1.82) is 0 Å². The van der Waals surface area contributed by atoms with Crippen LogP contribution in [0.15, 0.2) is 12.3 Å². The normalized spacial score (nSPS) is 15.4. The molecule has 0 saturated heterocycles. The molecule has 2 unspecified atom stereocenters. The molecule has 0 aliphatic carbocycles. The molecule has 1 heterocycles. The molecule has 0 amide bonds. The SMILES string of the molecule is COC(C)CNC(C)c1ccnn1C. The highest BCUT2D eigenvalue weighted by atomic mass is 16.5. The Balaban J connectivity index is 2.43. The van der Waals surface area contributed by atoms with Gasteiger partial charge in [0, 0.05) is 32.9 Å². The van der Waals surface area contributed by atoms with Gasteiger partial charge in [-0.1, -0.05) is 0 Å². The van der Waals surface area contributed by atoms with Crippen LogP contribution in [0.25, 0.3) is 0 Å². The number of aromatic nitrogens is 2. The van der Waals surface area contributed by atoms with Gasteiger partial charge in [0.25, 0.3) is 0 Å². The molecule has 0 fully saturated rings. The average Bonchev–Trinajstić information content (AvgIpc) is 2.60. The molecule has 0 aliphatic rings. The lowest BCUT2D eigenvalue weighted by molar-refractivity contribution is 0.114. The fourth-order valence-electron chi connectivity index (χ4n) is 1.34. The van der Waals surface area contributed by atoms with Gasteiger partial charge in [0.15, 0.2) is 0 Å². The maximum absolute atomic E-state index is 5.16. The number of methoxy groups -OCH3 is 1. The third-order valence-electron chi connectivity index (χ3n) is 2.42. The summed E-state index contributed by atoms with van der Waals surface area (Å²) >= 11 is 0. The first-order valence-electron chi connectivity index (χ1n) is 4.89. The Morgan fingerprint density at radius 1 is 1.57 bits per heavy atom. The van der Waals surface area contributed by atoms with Gasteiger partial charge in [0.1, 0.15) is 0 Å². The number of aryl methyl sites for hydroxylation is 1. The fourth-order valence-corrected chi connectivity index (χ4v) is 1.34. The van der Waals surface area contributed by atoms with E-state index in [2.05, 4.69) is 17.3 Å². The monoisotopic (exact) mass is 197 g/mol. The Morgan fingerprint density at radius 3 is 2.79 bits per heavy atom. The van der Waals surface area contributed by atoms with Gasteiger partial charge in [0.05, 0.1) is 11.8 Å². The van der Waals surface area contributed by atoms with E-state index < -0.39 is 0 Å². The zero-order valence-corrected chi connectivity index (χ0v) is 9.32. The fraction of sp³-hybridized carbons (Fsp3) is 0.700. The van der Waals surface area contributed by atoms with Crippen molar-refractivity contribution in [2.45, 2.75) is 26.0 Å². The first-order chi connectivity index (χ1) is 6.65. The first kappa shape index (κ1) is 11.2. The Morgan fingerprint density at radius 2 is 2.29 bits per heavy atom. The molecule has 14 heavy (non-hydrogen) atoms. The Bertz CT molecular complexity index is 272. The van der Waals surface area contributed by atoms with E-state index >= 15 is 0 Å². The predicted molar refractivity (Wildman–Crippen MR) is 56.1 cm³/mol. The van der Waals surface area contributed by atoms with Gasteiger partial charge < -0.3 is 10.1 Å². The molecule has 0 bridgehead atoms. The highest BCUT2D eigenvalue weighted by molar-refractivity contribution is 5.05. The number of nitrogens with zero attached hydrogens (tertiary/aromatic N) is 2. The van der Waals surface area contributed by atoms with E-state index in [-0.39, 0.29) is 6.10 Å². The van der Waals surface area contributed by atoms with Gasteiger partial charge in [-0.2, -0.15) is 5.10 Å². The van der Waals surface area contributed by atoms with Crippen LogP contribution in [0.5, 0.6) is 0 Å². The van der Waals surface area contributed by atoms with Crippen molar-refractivity contribution < 1.29 is 4.74 Å². The zero-order chi connectivity index (χ0) is 10.6. The summed E-state index contributed by atoms with van der Waals surface area (Å²) in [6, 6.07) is 2.33. The average molecular weight is 197 g/mol. The van der Waals surface area contributed by atoms with Crippen LogP contribution in [0.3, 0.4) is 0 Å². The third kappa shape index (κ3) is 2.82. The van der Waals surface area contributed by atoms with E-state index in [9.17, 15) is 0 Å². The van der Waals surface area contributed by atoms with E-state index in [1.165, 1.54) is 5.69 Å². The lowest BCUT2D eigenvalue weighted by atomic mass is 10.2. The van der Waals surface area contributed by atoms with Crippen LogP contribution < -0.4 is 5.32 Å². The van der Waals surface area contributed by atoms with Crippen LogP contribution in [0, 0.1) is 0 Å². The van der Waals surface area contributed by atoms with Crippen LogP contribution in [0.1, 0.15) is 25.6 Å². The molecule has 4 heteroatoms. The molecule has 0 saturated carbocycles. The molecule has 1 aromatic heterocycles. The summed E-state index contributed by atoms with van der Waals surface area (Å²) in [6.07, 6.45) is 2.05. The summed E-state index contributed by atoms with van der Waals surface area (Å²) in [6.45, 7) is 5.02. The van der Waals surface area contributed by atoms with Crippen molar-refractivity contribution >= 4 is 0 Å². The highest BCUT2D eigenvalue weighted by Gasteiger charge is 2.09. The van der Waals surface area contributed by atoms with Crippen LogP contribution in [0.2, 0.25) is 0 Å². The second-order valence-electron chi connectivity index (χ2n) is 3.56. The molecule has 0 spiro atoms. The van der Waals surface area contributed by atoms with Crippen molar-refractivity contribution in [2.75, 3.05) is 13.7 Å². The van der Waals surface area contributed by atoms with Crippen molar-refractivity contribution in [2.24, 2.45) is 7.05 Å². The first-order valence-corrected chi connectivity index (χ1v) is 4.89. The minimum Gasteiger partial charge on any atom is -0.380 e. The summed E-state index contributed by atoms with van der Waals surface area (Å²) in [5.74, 6) is 0. The molecular weight excluding hydrogens is 178 g/mol. The van der Waals surface area contributed by atoms with E-state index in [0.717, 1.165) is 6.54 Å². The van der Waals surface area contributed by atoms with Gasteiger partial charge in [-0.05, 0) is 19.9 Å². The second-order valence-corrected chi connectivity index (χ2v) is 3.56. The summed E-state index contributed by atoms with van der Waals surface area (Å²) in [4.78, 5) is 0. The van der Waals surface area contributed by atoms with E-state index in [0.29, 0.717) is 6.04 Å². The third-order valence-corrected chi connectivity index (χ3v) is 2.42. The van der Waals surface area contributed by atoms with Crippen molar-refractivity contribution in [3.8, 4) is 0 Å². The number of nitrogens with one attached hydrogen (secondary N) is 1. The molecule has 0 aromatic carbocycles. The molecule has 1 N–H and O–H groups in total. The molecule has 2 atom stereocenters. The van der Waals surface area contributed by atoms with E-state index in [1.54, 1.807) is 7.11 Å². The van der Waals surface area contributed by atoms with Gasteiger partial charge in [-0.25, -0.2) is 0 Å². The number of rotatable bonds is 5. The number of hydrogen-bond acceptors (Lipinski definition) is 3. The minimum atomic E-state index is 0.241. The minimum absolute atomic E-state index is 0.241. The molecule has 0 aliphatic heterocycles. The predicted octanol–water partition coefficient (Wildman–Crippen LogP) is 1.11. The van der Waals surface area contributed by atoms with Gasteiger partial charge in [0.2, 0.25) is 0 Å². The lowest BCUT2D eigenvalue weighted by Gasteiger charge is -2.16. The van der Waals surface area contributed by atoms with Gasteiger partial charge in [-0.3, -0.25) is 4.68 Å². The van der Waals surface area contributed by atoms with E-state index in [4.69, 9.17) is 4.74 Å². The van der Waals surface area contributed by atoms with E-state index in [1.807, 2.05) is 30.9 Å². The largest absolute Gasteiger partial charge is 0.380 e. The van der Waals surface area contributed by atoms with Gasteiger partial charge in [-0.15, -0.1) is 0 Å². The van der Waals surface area contributed by atoms with Gasteiger partial charge >= 0.3 is 0 Å². The van der Waals surface area contributed by atoms with Crippen LogP contribution in [-0.2, 0) is 11.8 Å². The smallest absolute Gasteiger partial charge is 0.0667 e. The lowest BCUT2D eigenvalue weighted by Crippen LogP contribution is -2.29. The molecule has 1 rings (SSSR count). The molecule has 4 nitrogen and oxygen atoms in total.